The van der Waals surface area contributed by atoms with Gasteiger partial charge in [0.15, 0.2) is 11.6 Å². The maximum atomic E-state index is 12.1. The summed E-state index contributed by atoms with van der Waals surface area (Å²) in [7, 11) is 0. The summed E-state index contributed by atoms with van der Waals surface area (Å²) in [6.45, 7) is -0.248. The zero-order valence-corrected chi connectivity index (χ0v) is 12.5. The second-order valence-electron chi connectivity index (χ2n) is 4.36. The first-order chi connectivity index (χ1) is 11.2. The first-order valence-electron chi connectivity index (χ1n) is 6.55. The van der Waals surface area contributed by atoms with Gasteiger partial charge in [0.05, 0.1) is 0 Å². The number of halogens is 2. The fourth-order valence-corrected chi connectivity index (χ4v) is 2.39. The van der Waals surface area contributed by atoms with Crippen LogP contribution in [0.1, 0.15) is 5.56 Å². The molecule has 0 amide bonds. The van der Waals surface area contributed by atoms with Gasteiger partial charge < -0.3 is 14.6 Å². The average Bonchev–Trinajstić information content (AvgIpc) is 3.22. The number of nitrogens with zero attached hydrogens (tertiary/aromatic N) is 4. The highest BCUT2D eigenvalue weighted by Crippen LogP contribution is 2.25. The molecule has 0 fully saturated rings. The van der Waals surface area contributed by atoms with Gasteiger partial charge in [0, 0.05) is 24.9 Å². The van der Waals surface area contributed by atoms with Gasteiger partial charge in [-0.25, -0.2) is 13.8 Å². The lowest BCUT2D eigenvalue weighted by molar-refractivity contribution is 0.0795. The van der Waals surface area contributed by atoms with E-state index in [2.05, 4.69) is 25.7 Å². The molecular weight excluding hydrogens is 328 g/mol. The summed E-state index contributed by atoms with van der Waals surface area (Å²) in [5, 5.41) is 16.1. The third-order valence-corrected chi connectivity index (χ3v) is 3.59. The Morgan fingerprint density at radius 1 is 1.30 bits per heavy atom. The van der Waals surface area contributed by atoms with E-state index in [0.29, 0.717) is 22.4 Å². The molecule has 10 heteroatoms. The maximum absolute atomic E-state index is 12.1. The molecule has 0 unspecified atom stereocenters. The summed E-state index contributed by atoms with van der Waals surface area (Å²) >= 11 is 1.33. The van der Waals surface area contributed by atoms with E-state index >= 15 is 0 Å². The third kappa shape index (κ3) is 4.19. The molecule has 0 aliphatic heterocycles. The molecule has 3 aromatic heterocycles. The Morgan fingerprint density at radius 3 is 3.00 bits per heavy atom. The summed E-state index contributed by atoms with van der Waals surface area (Å²) < 4.78 is 33.9. The van der Waals surface area contributed by atoms with Gasteiger partial charge in [-0.3, -0.25) is 0 Å². The van der Waals surface area contributed by atoms with Crippen molar-refractivity contribution >= 4 is 16.5 Å². The van der Waals surface area contributed by atoms with Crippen LogP contribution in [0.4, 0.5) is 13.9 Å². The van der Waals surface area contributed by atoms with Crippen molar-refractivity contribution in [3.05, 3.63) is 36.2 Å². The first kappa shape index (κ1) is 15.3. The van der Waals surface area contributed by atoms with Gasteiger partial charge in [-0.1, -0.05) is 16.5 Å². The number of rotatable bonds is 7. The van der Waals surface area contributed by atoms with E-state index in [1.54, 1.807) is 18.2 Å². The smallest absolute Gasteiger partial charge is 0.272 e. The van der Waals surface area contributed by atoms with Crippen molar-refractivity contribution in [2.24, 2.45) is 0 Å². The summed E-state index contributed by atoms with van der Waals surface area (Å²) in [5.41, 5.74) is 1.43. The quantitative estimate of drug-likeness (QED) is 0.708. The Bertz CT molecular complexity index is 750. The third-order valence-electron chi connectivity index (χ3n) is 2.68. The van der Waals surface area contributed by atoms with Crippen molar-refractivity contribution in [2.45, 2.75) is 13.0 Å². The van der Waals surface area contributed by atoms with Crippen molar-refractivity contribution < 1.29 is 18.0 Å². The van der Waals surface area contributed by atoms with Crippen LogP contribution in [-0.2, 0) is 6.54 Å². The molecule has 0 atom stereocenters. The van der Waals surface area contributed by atoms with Gasteiger partial charge in [0.25, 0.3) is 6.43 Å². The molecule has 23 heavy (non-hydrogen) atoms. The molecule has 0 saturated carbocycles. The van der Waals surface area contributed by atoms with E-state index in [9.17, 15) is 8.78 Å². The van der Waals surface area contributed by atoms with E-state index in [0.717, 1.165) is 5.56 Å². The van der Waals surface area contributed by atoms with E-state index in [1.807, 2.05) is 0 Å². The SMILES string of the molecule is FC(F)COc1cc(CNc2nnc(-c3ccon3)s2)ccn1. The monoisotopic (exact) mass is 339 g/mol. The van der Waals surface area contributed by atoms with Crippen LogP contribution in [-0.4, -0.2) is 33.4 Å². The normalized spacial score (nSPS) is 10.9. The second-order valence-corrected chi connectivity index (χ2v) is 5.33. The topological polar surface area (TPSA) is 86.0 Å². The van der Waals surface area contributed by atoms with Crippen LogP contribution in [0.15, 0.2) is 35.2 Å². The van der Waals surface area contributed by atoms with Crippen LogP contribution in [0.5, 0.6) is 5.88 Å². The Morgan fingerprint density at radius 2 is 2.22 bits per heavy atom. The average molecular weight is 339 g/mol. The lowest BCUT2D eigenvalue weighted by atomic mass is 10.2. The van der Waals surface area contributed by atoms with Crippen LogP contribution in [0.25, 0.3) is 10.7 Å². The Hall–Kier alpha value is -2.62. The fourth-order valence-electron chi connectivity index (χ4n) is 1.69. The molecule has 120 valence electrons. The molecule has 0 aliphatic rings. The number of ether oxygens (including phenoxy) is 1. The maximum Gasteiger partial charge on any atom is 0.272 e. The largest absolute Gasteiger partial charge is 0.472 e. The Balaban J connectivity index is 1.59. The minimum absolute atomic E-state index is 0.158. The van der Waals surface area contributed by atoms with Crippen molar-refractivity contribution in [3.8, 4) is 16.6 Å². The zero-order chi connectivity index (χ0) is 16.1. The second kappa shape index (κ2) is 7.09. The molecule has 3 aromatic rings. The number of nitrogens with one attached hydrogen (secondary N) is 1. The van der Waals surface area contributed by atoms with Crippen LogP contribution in [0.2, 0.25) is 0 Å². The summed E-state index contributed by atoms with van der Waals surface area (Å²) in [4.78, 5) is 3.88. The van der Waals surface area contributed by atoms with E-state index in [-0.39, 0.29) is 5.88 Å². The van der Waals surface area contributed by atoms with Crippen LogP contribution in [0, 0.1) is 0 Å². The molecule has 0 saturated heterocycles. The predicted octanol–water partition coefficient (Wildman–Crippen LogP) is 2.84. The molecule has 0 aromatic carbocycles. The lowest BCUT2D eigenvalue weighted by Crippen LogP contribution is -2.08. The minimum atomic E-state index is -2.53. The summed E-state index contributed by atoms with van der Waals surface area (Å²) in [6, 6.07) is 5.04. The van der Waals surface area contributed by atoms with E-state index < -0.39 is 13.0 Å². The first-order valence-corrected chi connectivity index (χ1v) is 7.36. The summed E-state index contributed by atoms with van der Waals surface area (Å²) in [6.07, 6.45) is 0.426. The fraction of sp³-hybridized carbons (Fsp3) is 0.231. The van der Waals surface area contributed by atoms with E-state index in [4.69, 9.17) is 9.26 Å². The van der Waals surface area contributed by atoms with Gasteiger partial charge in [-0.15, -0.1) is 10.2 Å². The molecule has 0 bridgehead atoms. The Kier molecular flexibility index (Phi) is 4.71. The van der Waals surface area contributed by atoms with Gasteiger partial charge in [-0.2, -0.15) is 0 Å². The zero-order valence-electron chi connectivity index (χ0n) is 11.6. The summed E-state index contributed by atoms with van der Waals surface area (Å²) in [5.74, 6) is 0.158. The van der Waals surface area contributed by atoms with Crippen molar-refractivity contribution in [1.82, 2.24) is 20.3 Å². The standard InChI is InChI=1S/C13H11F2N5O2S/c14-10(15)7-21-11-5-8(1-3-16-11)6-17-13-19-18-12(23-13)9-2-4-22-20-9/h1-5,10H,6-7H2,(H,17,19). The van der Waals surface area contributed by atoms with Crippen molar-refractivity contribution in [1.29, 1.82) is 0 Å². The number of alkyl halides is 2. The highest BCUT2D eigenvalue weighted by molar-refractivity contribution is 7.18. The minimum Gasteiger partial charge on any atom is -0.472 e. The van der Waals surface area contributed by atoms with Crippen molar-refractivity contribution in [3.63, 3.8) is 0 Å². The van der Waals surface area contributed by atoms with Gasteiger partial charge >= 0.3 is 0 Å². The highest BCUT2D eigenvalue weighted by Gasteiger charge is 2.09. The molecule has 7 nitrogen and oxygen atoms in total. The lowest BCUT2D eigenvalue weighted by Gasteiger charge is -2.06. The molecule has 0 spiro atoms. The van der Waals surface area contributed by atoms with Gasteiger partial charge in [0.2, 0.25) is 11.0 Å². The highest BCUT2D eigenvalue weighted by atomic mass is 32.1. The number of anilines is 1. The number of aromatic nitrogens is 4. The molecule has 3 heterocycles. The van der Waals surface area contributed by atoms with Gasteiger partial charge in [0.1, 0.15) is 12.0 Å². The number of hydrogen-bond acceptors (Lipinski definition) is 8. The molecular formula is C13H11F2N5O2S. The van der Waals surface area contributed by atoms with Crippen molar-refractivity contribution in [2.75, 3.05) is 11.9 Å². The number of hydrogen-bond donors (Lipinski definition) is 1. The van der Waals surface area contributed by atoms with Crippen LogP contribution in [0.3, 0.4) is 0 Å². The number of pyridine rings is 1. The molecule has 1 N–H and O–H groups in total. The molecule has 3 rings (SSSR count). The predicted molar refractivity (Wildman–Crippen MR) is 78.5 cm³/mol. The van der Waals surface area contributed by atoms with Gasteiger partial charge in [-0.05, 0) is 11.6 Å². The van der Waals surface area contributed by atoms with E-state index in [1.165, 1.54) is 23.8 Å². The molecule has 0 radical (unpaired) electrons. The van der Waals surface area contributed by atoms with Crippen LogP contribution < -0.4 is 10.1 Å². The Labute approximate surface area is 133 Å². The van der Waals surface area contributed by atoms with Crippen LogP contribution >= 0.6 is 11.3 Å². The molecule has 0 aliphatic carbocycles.